The summed E-state index contributed by atoms with van der Waals surface area (Å²) in [6.07, 6.45) is 0. The van der Waals surface area contributed by atoms with Crippen molar-refractivity contribution >= 4 is 39.0 Å². The molecule has 1 aromatic heterocycles. The molecular weight excluding hydrogens is 374 g/mol. The highest BCUT2D eigenvalue weighted by atomic mass is 32.1. The maximum Gasteiger partial charge on any atom is 0.323 e. The maximum atomic E-state index is 12.4. The third-order valence-electron chi connectivity index (χ3n) is 4.29. The average Bonchev–Trinajstić information content (AvgIpc) is 3.34. The summed E-state index contributed by atoms with van der Waals surface area (Å²) in [7, 11) is 0. The van der Waals surface area contributed by atoms with Crippen molar-refractivity contribution in [2.24, 2.45) is 0 Å². The first-order chi connectivity index (χ1) is 13.7. The van der Waals surface area contributed by atoms with Crippen LogP contribution >= 0.6 is 11.3 Å². The molecule has 0 saturated carbocycles. The van der Waals surface area contributed by atoms with Crippen LogP contribution in [-0.2, 0) is 0 Å². The van der Waals surface area contributed by atoms with Crippen LogP contribution in [0.3, 0.4) is 0 Å². The zero-order valence-electron chi connectivity index (χ0n) is 14.6. The predicted molar refractivity (Wildman–Crippen MR) is 110 cm³/mol. The fourth-order valence-corrected chi connectivity index (χ4v) is 3.96. The van der Waals surface area contributed by atoms with E-state index in [0.29, 0.717) is 22.9 Å². The van der Waals surface area contributed by atoms with Gasteiger partial charge in [0.15, 0.2) is 11.5 Å². The quantitative estimate of drug-likeness (QED) is 0.496. The van der Waals surface area contributed by atoms with Crippen molar-refractivity contribution in [1.82, 2.24) is 4.98 Å². The van der Waals surface area contributed by atoms with E-state index in [9.17, 15) is 4.79 Å². The molecule has 0 radical (unpaired) electrons. The van der Waals surface area contributed by atoms with Crippen LogP contribution in [0, 0.1) is 0 Å². The van der Waals surface area contributed by atoms with Crippen LogP contribution in [0.5, 0.6) is 11.5 Å². The maximum absolute atomic E-state index is 12.4. The third-order valence-corrected chi connectivity index (χ3v) is 5.38. The summed E-state index contributed by atoms with van der Waals surface area (Å²) in [5.41, 5.74) is 3.25. The minimum Gasteiger partial charge on any atom is -0.454 e. The molecule has 3 aromatic carbocycles. The molecule has 6 nitrogen and oxygen atoms in total. The molecule has 0 unspecified atom stereocenters. The van der Waals surface area contributed by atoms with Crippen molar-refractivity contribution in [2.75, 3.05) is 17.4 Å². The SMILES string of the molecule is O=C(Nc1cccc(-c2nc3ccccc3s2)c1)Nc1ccc2c(c1)OCO2. The van der Waals surface area contributed by atoms with E-state index in [2.05, 4.69) is 21.7 Å². The summed E-state index contributed by atoms with van der Waals surface area (Å²) >= 11 is 1.63. The molecule has 0 fully saturated rings. The van der Waals surface area contributed by atoms with Crippen LogP contribution in [0.25, 0.3) is 20.8 Å². The molecule has 5 rings (SSSR count). The molecule has 7 heteroatoms. The number of benzene rings is 3. The van der Waals surface area contributed by atoms with Gasteiger partial charge in [0.1, 0.15) is 5.01 Å². The number of ether oxygens (including phenoxy) is 2. The molecule has 0 saturated heterocycles. The summed E-state index contributed by atoms with van der Waals surface area (Å²) in [4.78, 5) is 17.0. The first-order valence-corrected chi connectivity index (χ1v) is 9.50. The molecule has 0 bridgehead atoms. The smallest absolute Gasteiger partial charge is 0.323 e. The second-order valence-electron chi connectivity index (χ2n) is 6.21. The predicted octanol–water partition coefficient (Wildman–Crippen LogP) is 5.34. The molecule has 0 spiro atoms. The number of rotatable bonds is 3. The number of para-hydroxylation sites is 1. The monoisotopic (exact) mass is 389 g/mol. The van der Waals surface area contributed by atoms with Gasteiger partial charge in [-0.2, -0.15) is 0 Å². The van der Waals surface area contributed by atoms with Crippen molar-refractivity contribution in [2.45, 2.75) is 0 Å². The lowest BCUT2D eigenvalue weighted by molar-refractivity contribution is 0.174. The number of aromatic nitrogens is 1. The highest BCUT2D eigenvalue weighted by Crippen LogP contribution is 2.34. The Morgan fingerprint density at radius 3 is 2.61 bits per heavy atom. The fraction of sp³-hybridized carbons (Fsp3) is 0.0476. The number of nitrogens with one attached hydrogen (secondary N) is 2. The highest BCUT2D eigenvalue weighted by molar-refractivity contribution is 7.21. The van der Waals surface area contributed by atoms with Crippen LogP contribution in [0.2, 0.25) is 0 Å². The zero-order valence-corrected chi connectivity index (χ0v) is 15.5. The van der Waals surface area contributed by atoms with Gasteiger partial charge in [-0.25, -0.2) is 9.78 Å². The molecule has 0 aliphatic carbocycles. The van der Waals surface area contributed by atoms with Gasteiger partial charge in [0, 0.05) is 23.0 Å². The van der Waals surface area contributed by atoms with Gasteiger partial charge in [0.05, 0.1) is 10.2 Å². The lowest BCUT2D eigenvalue weighted by Gasteiger charge is -2.09. The Labute approximate surface area is 164 Å². The zero-order chi connectivity index (χ0) is 18.9. The van der Waals surface area contributed by atoms with Gasteiger partial charge < -0.3 is 20.1 Å². The van der Waals surface area contributed by atoms with E-state index >= 15 is 0 Å². The summed E-state index contributed by atoms with van der Waals surface area (Å²) in [6.45, 7) is 0.198. The molecule has 1 aliphatic rings. The second kappa shape index (κ2) is 6.86. The summed E-state index contributed by atoms with van der Waals surface area (Å²) < 4.78 is 11.7. The van der Waals surface area contributed by atoms with Crippen LogP contribution in [0.4, 0.5) is 16.2 Å². The molecule has 4 aromatic rings. The Bertz CT molecular complexity index is 1160. The lowest BCUT2D eigenvalue weighted by Crippen LogP contribution is -2.19. The number of thiazole rings is 1. The van der Waals surface area contributed by atoms with Gasteiger partial charge in [-0.05, 0) is 36.4 Å². The largest absolute Gasteiger partial charge is 0.454 e. The van der Waals surface area contributed by atoms with E-state index < -0.39 is 0 Å². The number of fused-ring (bicyclic) bond motifs is 2. The summed E-state index contributed by atoms with van der Waals surface area (Å²) in [6, 6.07) is 20.6. The van der Waals surface area contributed by atoms with Crippen molar-refractivity contribution in [3.8, 4) is 22.1 Å². The van der Waals surface area contributed by atoms with Crippen molar-refractivity contribution in [3.63, 3.8) is 0 Å². The van der Waals surface area contributed by atoms with Gasteiger partial charge in [0.2, 0.25) is 6.79 Å². The number of carbonyl (C=O) groups is 1. The molecule has 2 amide bonds. The van der Waals surface area contributed by atoms with Crippen molar-refractivity contribution < 1.29 is 14.3 Å². The van der Waals surface area contributed by atoms with Gasteiger partial charge in [-0.1, -0.05) is 24.3 Å². The van der Waals surface area contributed by atoms with E-state index in [1.807, 2.05) is 42.5 Å². The number of urea groups is 1. The normalized spacial score (nSPS) is 12.1. The van der Waals surface area contributed by atoms with E-state index in [0.717, 1.165) is 20.8 Å². The summed E-state index contributed by atoms with van der Waals surface area (Å²) in [5, 5.41) is 6.58. The molecule has 2 heterocycles. The topological polar surface area (TPSA) is 72.5 Å². The minimum atomic E-state index is -0.333. The number of nitrogens with zero attached hydrogens (tertiary/aromatic N) is 1. The summed E-state index contributed by atoms with van der Waals surface area (Å²) in [5.74, 6) is 1.30. The van der Waals surface area contributed by atoms with E-state index in [1.54, 1.807) is 29.5 Å². The molecular formula is C21H15N3O3S. The number of amides is 2. The first-order valence-electron chi connectivity index (χ1n) is 8.68. The standard InChI is InChI=1S/C21H15N3O3S/c25-21(23-15-8-9-17-18(11-15)27-12-26-17)22-14-5-3-4-13(10-14)20-24-16-6-1-2-7-19(16)28-20/h1-11H,12H2,(H2,22,23,25). The second-order valence-corrected chi connectivity index (χ2v) is 7.25. The lowest BCUT2D eigenvalue weighted by atomic mass is 10.2. The van der Waals surface area contributed by atoms with Crippen LogP contribution < -0.4 is 20.1 Å². The van der Waals surface area contributed by atoms with E-state index in [4.69, 9.17) is 9.47 Å². The Morgan fingerprint density at radius 1 is 0.893 bits per heavy atom. The minimum absolute atomic E-state index is 0.198. The number of anilines is 2. The van der Waals surface area contributed by atoms with E-state index in [-0.39, 0.29) is 12.8 Å². The Kier molecular flexibility index (Phi) is 4.06. The Balaban J connectivity index is 1.32. The van der Waals surface area contributed by atoms with Crippen LogP contribution in [0.15, 0.2) is 66.7 Å². The van der Waals surface area contributed by atoms with Gasteiger partial charge >= 0.3 is 6.03 Å². The number of carbonyl (C=O) groups excluding carboxylic acids is 1. The number of hydrogen-bond acceptors (Lipinski definition) is 5. The van der Waals surface area contributed by atoms with Crippen LogP contribution in [0.1, 0.15) is 0 Å². The van der Waals surface area contributed by atoms with Gasteiger partial charge in [-0.15, -0.1) is 11.3 Å². The molecule has 138 valence electrons. The number of hydrogen-bond donors (Lipinski definition) is 2. The molecule has 1 aliphatic heterocycles. The average molecular weight is 389 g/mol. The Morgan fingerprint density at radius 2 is 1.71 bits per heavy atom. The van der Waals surface area contributed by atoms with Crippen molar-refractivity contribution in [3.05, 3.63) is 66.7 Å². The van der Waals surface area contributed by atoms with E-state index in [1.165, 1.54) is 0 Å². The molecule has 28 heavy (non-hydrogen) atoms. The van der Waals surface area contributed by atoms with Crippen LogP contribution in [-0.4, -0.2) is 17.8 Å². The van der Waals surface area contributed by atoms with Crippen molar-refractivity contribution in [1.29, 1.82) is 0 Å². The van der Waals surface area contributed by atoms with Gasteiger partial charge in [-0.3, -0.25) is 0 Å². The Hall–Kier alpha value is -3.58. The highest BCUT2D eigenvalue weighted by Gasteiger charge is 2.14. The van der Waals surface area contributed by atoms with Gasteiger partial charge in [0.25, 0.3) is 0 Å². The fourth-order valence-electron chi connectivity index (χ4n) is 2.99. The molecule has 2 N–H and O–H groups in total. The third kappa shape index (κ3) is 3.23. The molecule has 0 atom stereocenters. The first kappa shape index (κ1) is 16.6.